The molecule has 1 aromatic heterocycles. The lowest BCUT2D eigenvalue weighted by atomic mass is 10.2. The monoisotopic (exact) mass is 286 g/mol. The molecule has 0 atom stereocenters. The Kier molecular flexibility index (Phi) is 5.11. The van der Waals surface area contributed by atoms with Crippen LogP contribution in [0, 0.1) is 6.92 Å². The minimum absolute atomic E-state index is 0.195. The number of carbonyl (C=O) groups is 1. The Labute approximate surface area is 123 Å². The third-order valence-electron chi connectivity index (χ3n) is 2.82. The number of aromatic nitrogens is 1. The lowest BCUT2D eigenvalue weighted by Crippen LogP contribution is -2.28. The lowest BCUT2D eigenvalue weighted by Gasteiger charge is -2.08. The summed E-state index contributed by atoms with van der Waals surface area (Å²) in [4.78, 5) is 15.8. The zero-order valence-corrected chi connectivity index (χ0v) is 11.8. The van der Waals surface area contributed by atoms with Gasteiger partial charge in [0.2, 0.25) is 0 Å². The van der Waals surface area contributed by atoms with Crippen LogP contribution < -0.4 is 21.3 Å². The molecule has 6 nitrogen and oxygen atoms in total. The maximum absolute atomic E-state index is 11.9. The van der Waals surface area contributed by atoms with Gasteiger partial charge in [-0.15, -0.1) is 0 Å². The smallest absolute Gasteiger partial charge is 0.252 e. The first kappa shape index (κ1) is 14.8. The normalized spacial score (nSPS) is 10.0. The van der Waals surface area contributed by atoms with Crippen LogP contribution in [0.3, 0.4) is 0 Å². The SMILES string of the molecule is Cc1cccc(OCCNC(=O)c2ccc(NN)nc2)c1. The van der Waals surface area contributed by atoms with Crippen molar-refractivity contribution >= 4 is 11.7 Å². The Hall–Kier alpha value is -2.60. The summed E-state index contributed by atoms with van der Waals surface area (Å²) in [6.07, 6.45) is 1.46. The number of pyridine rings is 1. The van der Waals surface area contributed by atoms with E-state index in [-0.39, 0.29) is 5.91 Å². The van der Waals surface area contributed by atoms with Gasteiger partial charge in [0, 0.05) is 6.20 Å². The van der Waals surface area contributed by atoms with Crippen molar-refractivity contribution in [3.05, 3.63) is 53.7 Å². The fraction of sp³-hybridized carbons (Fsp3) is 0.200. The lowest BCUT2D eigenvalue weighted by molar-refractivity contribution is 0.0946. The molecule has 0 fully saturated rings. The number of rotatable bonds is 6. The van der Waals surface area contributed by atoms with Gasteiger partial charge in [0.1, 0.15) is 18.2 Å². The van der Waals surface area contributed by atoms with Gasteiger partial charge >= 0.3 is 0 Å². The van der Waals surface area contributed by atoms with Crippen molar-refractivity contribution in [1.82, 2.24) is 10.3 Å². The summed E-state index contributed by atoms with van der Waals surface area (Å²) in [7, 11) is 0. The third-order valence-corrected chi connectivity index (χ3v) is 2.82. The zero-order valence-electron chi connectivity index (χ0n) is 11.8. The summed E-state index contributed by atoms with van der Waals surface area (Å²) in [6, 6.07) is 11.1. The average Bonchev–Trinajstić information content (AvgIpc) is 2.51. The highest BCUT2D eigenvalue weighted by Crippen LogP contribution is 2.11. The molecule has 1 aromatic carbocycles. The number of hydrogen-bond acceptors (Lipinski definition) is 5. The zero-order chi connectivity index (χ0) is 15.1. The minimum Gasteiger partial charge on any atom is -0.492 e. The van der Waals surface area contributed by atoms with Crippen LogP contribution in [-0.4, -0.2) is 24.0 Å². The molecule has 0 saturated heterocycles. The number of aryl methyl sites for hydroxylation is 1. The number of hydrogen-bond donors (Lipinski definition) is 3. The second kappa shape index (κ2) is 7.25. The number of nitrogens with zero attached hydrogens (tertiary/aromatic N) is 1. The van der Waals surface area contributed by atoms with E-state index in [9.17, 15) is 4.79 Å². The predicted molar refractivity (Wildman–Crippen MR) is 81.1 cm³/mol. The molecule has 1 heterocycles. The van der Waals surface area contributed by atoms with Crippen molar-refractivity contribution < 1.29 is 9.53 Å². The number of carbonyl (C=O) groups excluding carboxylic acids is 1. The van der Waals surface area contributed by atoms with Crippen molar-refractivity contribution in [2.75, 3.05) is 18.6 Å². The number of hydrazine groups is 1. The number of nitrogens with two attached hydrogens (primary N) is 1. The second-order valence-corrected chi connectivity index (χ2v) is 4.50. The quantitative estimate of drug-likeness (QED) is 0.425. The van der Waals surface area contributed by atoms with Crippen LogP contribution in [0.15, 0.2) is 42.6 Å². The molecule has 0 aliphatic rings. The van der Waals surface area contributed by atoms with Gasteiger partial charge in [0.25, 0.3) is 5.91 Å². The van der Waals surface area contributed by atoms with Crippen LogP contribution in [0.4, 0.5) is 5.82 Å². The molecule has 0 aliphatic carbocycles. The van der Waals surface area contributed by atoms with E-state index in [0.29, 0.717) is 24.5 Å². The van der Waals surface area contributed by atoms with Crippen LogP contribution in [0.5, 0.6) is 5.75 Å². The Balaban J connectivity index is 1.76. The number of ether oxygens (including phenoxy) is 1. The Morgan fingerprint density at radius 2 is 2.19 bits per heavy atom. The molecule has 6 heteroatoms. The van der Waals surface area contributed by atoms with Gasteiger partial charge in [0.05, 0.1) is 12.1 Å². The van der Waals surface area contributed by atoms with Gasteiger partial charge in [-0.1, -0.05) is 12.1 Å². The van der Waals surface area contributed by atoms with E-state index in [1.807, 2.05) is 31.2 Å². The molecule has 0 spiro atoms. The maximum Gasteiger partial charge on any atom is 0.252 e. The van der Waals surface area contributed by atoms with Crippen LogP contribution in [0.2, 0.25) is 0 Å². The first-order chi connectivity index (χ1) is 10.2. The fourth-order valence-corrected chi connectivity index (χ4v) is 1.75. The summed E-state index contributed by atoms with van der Waals surface area (Å²) >= 11 is 0. The largest absolute Gasteiger partial charge is 0.492 e. The van der Waals surface area contributed by atoms with E-state index < -0.39 is 0 Å². The summed E-state index contributed by atoms with van der Waals surface area (Å²) in [5, 5.41) is 2.77. The molecule has 4 N–H and O–H groups in total. The first-order valence-corrected chi connectivity index (χ1v) is 6.59. The molecular weight excluding hydrogens is 268 g/mol. The Morgan fingerprint density at radius 3 is 2.86 bits per heavy atom. The third kappa shape index (κ3) is 4.47. The maximum atomic E-state index is 11.9. The highest BCUT2D eigenvalue weighted by molar-refractivity contribution is 5.94. The Morgan fingerprint density at radius 1 is 1.33 bits per heavy atom. The van der Waals surface area contributed by atoms with Gasteiger partial charge in [-0.05, 0) is 36.8 Å². The molecule has 2 rings (SSSR count). The number of nitrogen functional groups attached to an aromatic ring is 1. The molecule has 0 bridgehead atoms. The Bertz CT molecular complexity index is 599. The van der Waals surface area contributed by atoms with Crippen molar-refractivity contribution in [2.24, 2.45) is 5.84 Å². The molecule has 0 unspecified atom stereocenters. The summed E-state index contributed by atoms with van der Waals surface area (Å²) in [6.45, 7) is 2.83. The average molecular weight is 286 g/mol. The number of amides is 1. The van der Waals surface area contributed by atoms with Crippen molar-refractivity contribution in [3.63, 3.8) is 0 Å². The summed E-state index contributed by atoms with van der Waals surface area (Å²) in [5.41, 5.74) is 4.02. The topological polar surface area (TPSA) is 89.3 Å². The highest BCUT2D eigenvalue weighted by atomic mass is 16.5. The molecule has 1 amide bonds. The van der Waals surface area contributed by atoms with Crippen LogP contribution in [0.1, 0.15) is 15.9 Å². The molecule has 110 valence electrons. The van der Waals surface area contributed by atoms with E-state index in [1.54, 1.807) is 12.1 Å². The van der Waals surface area contributed by atoms with Gasteiger partial charge in [-0.2, -0.15) is 0 Å². The number of benzene rings is 1. The van der Waals surface area contributed by atoms with Gasteiger partial charge in [-0.25, -0.2) is 10.8 Å². The van der Waals surface area contributed by atoms with Crippen LogP contribution >= 0.6 is 0 Å². The molecule has 2 aromatic rings. The van der Waals surface area contributed by atoms with Crippen LogP contribution in [-0.2, 0) is 0 Å². The summed E-state index contributed by atoms with van der Waals surface area (Å²) < 4.78 is 5.55. The van der Waals surface area contributed by atoms with Gasteiger partial charge in [-0.3, -0.25) is 4.79 Å². The predicted octanol–water partition coefficient (Wildman–Crippen LogP) is 1.48. The van der Waals surface area contributed by atoms with Crippen molar-refractivity contribution in [3.8, 4) is 5.75 Å². The van der Waals surface area contributed by atoms with E-state index in [4.69, 9.17) is 10.6 Å². The van der Waals surface area contributed by atoms with E-state index in [2.05, 4.69) is 15.7 Å². The van der Waals surface area contributed by atoms with Crippen molar-refractivity contribution in [1.29, 1.82) is 0 Å². The fourth-order valence-electron chi connectivity index (χ4n) is 1.75. The molecule has 0 radical (unpaired) electrons. The highest BCUT2D eigenvalue weighted by Gasteiger charge is 2.05. The van der Waals surface area contributed by atoms with E-state index >= 15 is 0 Å². The van der Waals surface area contributed by atoms with Gasteiger partial charge < -0.3 is 15.5 Å². The summed E-state index contributed by atoms with van der Waals surface area (Å²) in [5.74, 6) is 6.32. The van der Waals surface area contributed by atoms with E-state index in [0.717, 1.165) is 11.3 Å². The number of nitrogens with one attached hydrogen (secondary N) is 2. The molecule has 21 heavy (non-hydrogen) atoms. The second-order valence-electron chi connectivity index (χ2n) is 4.50. The number of anilines is 1. The van der Waals surface area contributed by atoms with E-state index in [1.165, 1.54) is 6.20 Å². The minimum atomic E-state index is -0.195. The van der Waals surface area contributed by atoms with Crippen LogP contribution in [0.25, 0.3) is 0 Å². The molecule has 0 aliphatic heterocycles. The first-order valence-electron chi connectivity index (χ1n) is 6.59. The standard InChI is InChI=1S/C15H18N4O2/c1-11-3-2-4-13(9-11)21-8-7-17-15(20)12-5-6-14(19-16)18-10-12/h2-6,9-10H,7-8,16H2,1H3,(H,17,20)(H,18,19). The molecular formula is C15H18N4O2. The van der Waals surface area contributed by atoms with Gasteiger partial charge in [0.15, 0.2) is 0 Å². The van der Waals surface area contributed by atoms with Crippen molar-refractivity contribution in [2.45, 2.75) is 6.92 Å². The molecule has 0 saturated carbocycles.